The van der Waals surface area contributed by atoms with Gasteiger partial charge in [0.1, 0.15) is 0 Å². The fraction of sp³-hybridized carbons (Fsp3) is 0.0508. The van der Waals surface area contributed by atoms with E-state index in [2.05, 4.69) is 242 Å². The Hall–Kier alpha value is -7.68. The number of rotatable bonds is 6. The summed E-state index contributed by atoms with van der Waals surface area (Å²) >= 11 is 0. The summed E-state index contributed by atoms with van der Waals surface area (Å²) < 4.78 is 0. The van der Waals surface area contributed by atoms with Crippen molar-refractivity contribution in [2.24, 2.45) is 0 Å². The van der Waals surface area contributed by atoms with Crippen molar-refractivity contribution in [2.75, 3.05) is 9.80 Å². The predicted octanol–water partition coefficient (Wildman–Crippen LogP) is 15.9. The van der Waals surface area contributed by atoms with Crippen molar-refractivity contribution in [1.29, 1.82) is 0 Å². The van der Waals surface area contributed by atoms with E-state index in [1.165, 1.54) is 77.2 Å². The fourth-order valence-corrected chi connectivity index (χ4v) is 10.7. The Morgan fingerprint density at radius 2 is 0.656 bits per heavy atom. The smallest absolute Gasteiger partial charge is 0.0727 e. The molecule has 0 bridgehead atoms. The Balaban J connectivity index is 1.27. The first kappa shape index (κ1) is 35.3. The molecule has 12 rings (SSSR count). The molecule has 0 fully saturated rings. The highest BCUT2D eigenvalue weighted by atomic mass is 15.2. The minimum absolute atomic E-state index is 0.612. The minimum atomic E-state index is -0.612. The van der Waals surface area contributed by atoms with Crippen LogP contribution in [0.2, 0.25) is 0 Å². The van der Waals surface area contributed by atoms with Gasteiger partial charge in [-0.15, -0.1) is 0 Å². The Kier molecular flexibility index (Phi) is 7.92. The van der Waals surface area contributed by atoms with Crippen molar-refractivity contribution < 1.29 is 0 Å². The number of anilines is 6. The molecule has 0 saturated carbocycles. The lowest BCUT2D eigenvalue weighted by molar-refractivity contribution is 0.795. The van der Waals surface area contributed by atoms with E-state index >= 15 is 0 Å². The lowest BCUT2D eigenvalue weighted by Crippen LogP contribution is -2.26. The second kappa shape index (κ2) is 13.7. The molecule has 1 spiro atoms. The third-order valence-electron chi connectivity index (χ3n) is 13.1. The first-order valence-electron chi connectivity index (χ1n) is 21.3. The van der Waals surface area contributed by atoms with Crippen LogP contribution in [0.1, 0.15) is 33.4 Å². The molecule has 2 aliphatic carbocycles. The third kappa shape index (κ3) is 5.15. The SMILES string of the molecule is Cc1cccc(N(c2ccccc2)c2cc3c(c4ccccc24)-c2c(cc(N(c4ccccc4)c4cccc(C)c4)c4ccccc24)C32c3ccccc3-c3ccccc32)c1. The van der Waals surface area contributed by atoms with Crippen LogP contribution in [0.15, 0.2) is 218 Å². The summed E-state index contributed by atoms with van der Waals surface area (Å²) in [5.74, 6) is 0. The van der Waals surface area contributed by atoms with E-state index in [-0.39, 0.29) is 0 Å². The van der Waals surface area contributed by atoms with Crippen LogP contribution in [-0.4, -0.2) is 0 Å². The molecule has 0 radical (unpaired) electrons. The standard InChI is InChI=1S/C59H42N2/c1-39-19-17-25-43(35-39)60(41-21-5-3-6-22-41)55-37-53-57(49-31-11-9-29-47(49)55)58-50-32-12-10-30-48(50)56(61(42-23-7-4-8-24-42)44-26-18-20-40(2)36-44)38-54(58)59(53)51-33-15-13-27-45(51)46-28-14-16-34-52(46)59/h3-38H,1-2H3. The fourth-order valence-electron chi connectivity index (χ4n) is 10.7. The minimum Gasteiger partial charge on any atom is -0.310 e. The lowest BCUT2D eigenvalue weighted by atomic mass is 9.70. The van der Waals surface area contributed by atoms with Crippen molar-refractivity contribution in [3.05, 3.63) is 252 Å². The topological polar surface area (TPSA) is 6.48 Å². The quantitative estimate of drug-likeness (QED) is 0.166. The number of hydrogen-bond donors (Lipinski definition) is 0. The molecule has 0 heterocycles. The highest BCUT2D eigenvalue weighted by Crippen LogP contribution is 2.67. The molecular weight excluding hydrogens is 737 g/mol. The zero-order valence-electron chi connectivity index (χ0n) is 34.2. The predicted molar refractivity (Wildman–Crippen MR) is 257 cm³/mol. The summed E-state index contributed by atoms with van der Waals surface area (Å²) in [5, 5.41) is 4.93. The van der Waals surface area contributed by atoms with Crippen LogP contribution in [0.25, 0.3) is 43.8 Å². The molecule has 0 aliphatic heterocycles. The summed E-state index contributed by atoms with van der Waals surface area (Å²) in [6.07, 6.45) is 0. The monoisotopic (exact) mass is 778 g/mol. The van der Waals surface area contributed by atoms with Crippen molar-refractivity contribution in [2.45, 2.75) is 19.3 Å². The molecule has 2 aliphatic rings. The highest BCUT2D eigenvalue weighted by Gasteiger charge is 2.53. The summed E-state index contributed by atoms with van der Waals surface area (Å²) in [4.78, 5) is 4.94. The van der Waals surface area contributed by atoms with Crippen LogP contribution < -0.4 is 9.80 Å². The molecule has 0 aromatic heterocycles. The van der Waals surface area contributed by atoms with Gasteiger partial charge in [0.05, 0.1) is 16.8 Å². The molecule has 0 saturated heterocycles. The first-order chi connectivity index (χ1) is 30.1. The maximum atomic E-state index is 2.55. The number of para-hydroxylation sites is 2. The first-order valence-corrected chi connectivity index (χ1v) is 21.3. The molecule has 288 valence electrons. The van der Waals surface area contributed by atoms with Crippen molar-refractivity contribution >= 4 is 55.7 Å². The van der Waals surface area contributed by atoms with Crippen molar-refractivity contribution in [1.82, 2.24) is 0 Å². The third-order valence-corrected chi connectivity index (χ3v) is 13.1. The van der Waals surface area contributed by atoms with Crippen LogP contribution in [0, 0.1) is 13.8 Å². The van der Waals surface area contributed by atoms with Gasteiger partial charge in [-0.3, -0.25) is 0 Å². The Labute approximate surface area is 357 Å². The van der Waals surface area contributed by atoms with Crippen LogP contribution in [-0.2, 0) is 5.41 Å². The summed E-state index contributed by atoms with van der Waals surface area (Å²) in [7, 11) is 0. The van der Waals surface area contributed by atoms with Gasteiger partial charge in [0.2, 0.25) is 0 Å². The lowest BCUT2D eigenvalue weighted by Gasteiger charge is -2.34. The maximum Gasteiger partial charge on any atom is 0.0727 e. The molecule has 10 aromatic rings. The van der Waals surface area contributed by atoms with Gasteiger partial charge in [-0.1, -0.05) is 158 Å². The van der Waals surface area contributed by atoms with Gasteiger partial charge >= 0.3 is 0 Å². The molecule has 2 nitrogen and oxygen atoms in total. The maximum absolute atomic E-state index is 2.55. The van der Waals surface area contributed by atoms with Crippen LogP contribution in [0.3, 0.4) is 0 Å². The van der Waals surface area contributed by atoms with Gasteiger partial charge in [-0.2, -0.15) is 0 Å². The van der Waals surface area contributed by atoms with E-state index in [4.69, 9.17) is 0 Å². The molecule has 2 heteroatoms. The van der Waals surface area contributed by atoms with E-state index in [1.54, 1.807) is 0 Å². The largest absolute Gasteiger partial charge is 0.310 e. The Bertz CT molecular complexity index is 3120. The average Bonchev–Trinajstić information content (AvgIpc) is 3.77. The summed E-state index contributed by atoms with van der Waals surface area (Å²) in [5.41, 5.74) is 19.1. The van der Waals surface area contributed by atoms with Crippen LogP contribution >= 0.6 is 0 Å². The average molecular weight is 779 g/mol. The number of benzene rings is 10. The zero-order chi connectivity index (χ0) is 40.7. The Morgan fingerprint density at radius 1 is 0.295 bits per heavy atom. The zero-order valence-corrected chi connectivity index (χ0v) is 34.2. The van der Waals surface area contributed by atoms with E-state index in [1.807, 2.05) is 0 Å². The number of aryl methyl sites for hydroxylation is 2. The molecule has 61 heavy (non-hydrogen) atoms. The molecular formula is C59H42N2. The summed E-state index contributed by atoms with van der Waals surface area (Å²) in [6.45, 7) is 4.37. The number of fused-ring (bicyclic) bond motifs is 14. The summed E-state index contributed by atoms with van der Waals surface area (Å²) in [6, 6.07) is 81.2. The molecule has 0 unspecified atom stereocenters. The van der Waals surface area contributed by atoms with Crippen molar-refractivity contribution in [3.8, 4) is 22.3 Å². The van der Waals surface area contributed by atoms with Gasteiger partial charge in [0.15, 0.2) is 0 Å². The van der Waals surface area contributed by atoms with Crippen LogP contribution in [0.4, 0.5) is 34.1 Å². The molecule has 0 N–H and O–H groups in total. The van der Waals surface area contributed by atoms with Gasteiger partial charge in [-0.25, -0.2) is 0 Å². The normalized spacial score (nSPS) is 12.9. The van der Waals surface area contributed by atoms with E-state index in [0.29, 0.717) is 0 Å². The van der Waals surface area contributed by atoms with Crippen molar-refractivity contribution in [3.63, 3.8) is 0 Å². The number of nitrogens with zero attached hydrogens (tertiary/aromatic N) is 2. The highest BCUT2D eigenvalue weighted by molar-refractivity contribution is 6.19. The van der Waals surface area contributed by atoms with Crippen LogP contribution in [0.5, 0.6) is 0 Å². The number of hydrogen-bond acceptors (Lipinski definition) is 2. The van der Waals surface area contributed by atoms with Gasteiger partial charge in [0.25, 0.3) is 0 Å². The molecule has 0 atom stereocenters. The van der Waals surface area contributed by atoms with E-state index < -0.39 is 5.41 Å². The van der Waals surface area contributed by atoms with E-state index in [0.717, 1.165) is 34.1 Å². The Morgan fingerprint density at radius 3 is 1.08 bits per heavy atom. The second-order valence-electron chi connectivity index (χ2n) is 16.6. The van der Waals surface area contributed by atoms with Gasteiger partial charge < -0.3 is 9.80 Å². The van der Waals surface area contributed by atoms with Gasteiger partial charge in [0, 0.05) is 33.5 Å². The molecule has 10 aromatic carbocycles. The van der Waals surface area contributed by atoms with E-state index in [9.17, 15) is 0 Å². The van der Waals surface area contributed by atoms with Gasteiger partial charge in [-0.05, 0) is 141 Å². The second-order valence-corrected chi connectivity index (χ2v) is 16.6. The molecule has 0 amide bonds.